The highest BCUT2D eigenvalue weighted by Crippen LogP contribution is 2.35. The highest BCUT2D eigenvalue weighted by molar-refractivity contribution is 6.43. The molecule has 0 saturated carbocycles. The van der Waals surface area contributed by atoms with Gasteiger partial charge in [-0.15, -0.1) is 0 Å². The van der Waals surface area contributed by atoms with E-state index in [0.717, 1.165) is 0 Å². The molecule has 1 fully saturated rings. The van der Waals surface area contributed by atoms with Gasteiger partial charge in [0.2, 0.25) is 11.8 Å². The minimum Gasteiger partial charge on any atom is -0.425 e. The molecule has 5 nitrogen and oxygen atoms in total. The van der Waals surface area contributed by atoms with E-state index in [1.165, 1.54) is 11.0 Å². The van der Waals surface area contributed by atoms with E-state index in [1.54, 1.807) is 12.1 Å². The van der Waals surface area contributed by atoms with E-state index in [4.69, 9.17) is 27.9 Å². The van der Waals surface area contributed by atoms with E-state index >= 15 is 0 Å². The summed E-state index contributed by atoms with van der Waals surface area (Å²) in [5.41, 5.74) is 0. The van der Waals surface area contributed by atoms with E-state index < -0.39 is 5.97 Å². The number of likely N-dealkylation sites (tertiary alicyclic amines) is 1. The molecule has 1 heterocycles. The molecule has 1 aromatic carbocycles. The Morgan fingerprint density at radius 3 is 2.38 bits per heavy atom. The quantitative estimate of drug-likeness (QED) is 0.354. The van der Waals surface area contributed by atoms with E-state index in [1.807, 2.05) is 12.2 Å². The van der Waals surface area contributed by atoms with Gasteiger partial charge >= 0.3 is 5.97 Å². The van der Waals surface area contributed by atoms with Crippen LogP contribution in [0, 0.1) is 11.8 Å². The summed E-state index contributed by atoms with van der Waals surface area (Å²) in [6.07, 6.45) is 4.91. The summed E-state index contributed by atoms with van der Waals surface area (Å²) in [7, 11) is 0. The molecule has 1 aromatic rings. The predicted molar refractivity (Wildman–Crippen MR) is 88.8 cm³/mol. The fourth-order valence-corrected chi connectivity index (χ4v) is 3.36. The van der Waals surface area contributed by atoms with Gasteiger partial charge in [-0.2, -0.15) is 0 Å². The molecule has 126 valence electrons. The lowest BCUT2D eigenvalue weighted by Crippen LogP contribution is -2.33. The van der Waals surface area contributed by atoms with Crippen LogP contribution in [0.5, 0.6) is 5.75 Å². The summed E-state index contributed by atoms with van der Waals surface area (Å²) in [6.45, 7) is 0.0156. The fourth-order valence-electron chi connectivity index (χ4n) is 3.03. The van der Waals surface area contributed by atoms with Crippen molar-refractivity contribution in [2.45, 2.75) is 19.3 Å². The molecule has 0 radical (unpaired) electrons. The summed E-state index contributed by atoms with van der Waals surface area (Å²) in [4.78, 5) is 37.7. The SMILES string of the molecule is O=C(CCN1C(=O)[C@H]2CC=CC[C@H]2C1=O)Oc1cccc(Cl)c1Cl. The summed E-state index contributed by atoms with van der Waals surface area (Å²) in [5, 5.41) is 0.432. The molecule has 0 bridgehead atoms. The lowest BCUT2D eigenvalue weighted by molar-refractivity contribution is -0.141. The summed E-state index contributed by atoms with van der Waals surface area (Å²) >= 11 is 11.8. The molecule has 0 aromatic heterocycles. The third kappa shape index (κ3) is 3.19. The maximum absolute atomic E-state index is 12.3. The lowest BCUT2D eigenvalue weighted by atomic mass is 9.85. The monoisotopic (exact) mass is 367 g/mol. The van der Waals surface area contributed by atoms with E-state index in [-0.39, 0.29) is 52.4 Å². The number of carbonyl (C=O) groups is 3. The molecular weight excluding hydrogens is 353 g/mol. The summed E-state index contributed by atoms with van der Waals surface area (Å²) in [6, 6.07) is 4.72. The standard InChI is InChI=1S/C17H15Cl2NO4/c18-12-6-3-7-13(15(12)19)24-14(21)8-9-20-16(22)10-4-1-2-5-11(10)17(20)23/h1-3,6-7,10-11H,4-5,8-9H2/t10-,11+. The van der Waals surface area contributed by atoms with Crippen LogP contribution >= 0.6 is 23.2 Å². The first kappa shape index (κ1) is 17.0. The van der Waals surface area contributed by atoms with Crippen molar-refractivity contribution in [3.8, 4) is 5.75 Å². The zero-order valence-electron chi connectivity index (χ0n) is 12.7. The fraction of sp³-hybridized carbons (Fsp3) is 0.353. The van der Waals surface area contributed by atoms with Crippen molar-refractivity contribution >= 4 is 41.0 Å². The second-order valence-electron chi connectivity index (χ2n) is 5.76. The van der Waals surface area contributed by atoms with Crippen molar-refractivity contribution in [2.24, 2.45) is 11.8 Å². The predicted octanol–water partition coefficient (Wildman–Crippen LogP) is 3.24. The van der Waals surface area contributed by atoms with E-state index in [2.05, 4.69) is 0 Å². The normalized spacial score (nSPS) is 22.7. The molecule has 1 aliphatic heterocycles. The molecule has 7 heteroatoms. The van der Waals surface area contributed by atoms with E-state index in [9.17, 15) is 14.4 Å². The van der Waals surface area contributed by atoms with Crippen LogP contribution in [-0.4, -0.2) is 29.2 Å². The van der Waals surface area contributed by atoms with E-state index in [0.29, 0.717) is 12.8 Å². The van der Waals surface area contributed by atoms with Crippen molar-refractivity contribution in [3.05, 3.63) is 40.4 Å². The largest absolute Gasteiger partial charge is 0.425 e. The Morgan fingerprint density at radius 1 is 1.12 bits per heavy atom. The summed E-state index contributed by atoms with van der Waals surface area (Å²) < 4.78 is 5.16. The third-order valence-electron chi connectivity index (χ3n) is 4.28. The first-order valence-electron chi connectivity index (χ1n) is 7.64. The minimum atomic E-state index is -0.576. The molecular formula is C17H15Cl2NO4. The minimum absolute atomic E-state index is 0.0156. The molecule has 2 aliphatic rings. The summed E-state index contributed by atoms with van der Waals surface area (Å²) in [5.74, 6) is -1.41. The number of allylic oxidation sites excluding steroid dienone is 2. The van der Waals surface area contributed by atoms with Crippen LogP contribution < -0.4 is 4.74 Å². The maximum atomic E-state index is 12.3. The van der Waals surface area contributed by atoms with Crippen LogP contribution in [0.4, 0.5) is 0 Å². The Hall–Kier alpha value is -1.85. The number of amides is 2. The van der Waals surface area contributed by atoms with Gasteiger partial charge < -0.3 is 4.74 Å². The van der Waals surface area contributed by atoms with Crippen molar-refractivity contribution in [2.75, 3.05) is 6.54 Å². The lowest BCUT2D eigenvalue weighted by Gasteiger charge is -2.14. The van der Waals surface area contributed by atoms with Crippen LogP contribution in [0.3, 0.4) is 0 Å². The molecule has 0 unspecified atom stereocenters. The number of rotatable bonds is 4. The maximum Gasteiger partial charge on any atom is 0.313 e. The second kappa shape index (κ2) is 6.95. The molecule has 2 amide bonds. The number of nitrogens with zero attached hydrogens (tertiary/aromatic N) is 1. The van der Waals surface area contributed by atoms with Gasteiger partial charge in [0.25, 0.3) is 0 Å². The zero-order valence-corrected chi connectivity index (χ0v) is 14.2. The molecule has 24 heavy (non-hydrogen) atoms. The Morgan fingerprint density at radius 2 is 1.75 bits per heavy atom. The number of imide groups is 1. The van der Waals surface area contributed by atoms with Crippen LogP contribution in [0.1, 0.15) is 19.3 Å². The topological polar surface area (TPSA) is 63.7 Å². The van der Waals surface area contributed by atoms with Crippen LogP contribution in [0.15, 0.2) is 30.4 Å². The van der Waals surface area contributed by atoms with Gasteiger partial charge in [0.15, 0.2) is 5.75 Å². The second-order valence-corrected chi connectivity index (χ2v) is 6.55. The average molecular weight is 368 g/mol. The van der Waals surface area contributed by atoms with Gasteiger partial charge in [-0.3, -0.25) is 19.3 Å². The average Bonchev–Trinajstić information content (AvgIpc) is 2.82. The smallest absolute Gasteiger partial charge is 0.313 e. The number of esters is 1. The number of hydrogen-bond acceptors (Lipinski definition) is 4. The van der Waals surface area contributed by atoms with Gasteiger partial charge in [0.05, 0.1) is 23.3 Å². The first-order valence-corrected chi connectivity index (χ1v) is 8.39. The molecule has 1 saturated heterocycles. The van der Waals surface area contributed by atoms with Crippen molar-refractivity contribution in [3.63, 3.8) is 0 Å². The van der Waals surface area contributed by atoms with Gasteiger partial charge in [-0.1, -0.05) is 41.4 Å². The van der Waals surface area contributed by atoms with Crippen molar-refractivity contribution < 1.29 is 19.1 Å². The number of hydrogen-bond donors (Lipinski definition) is 0. The van der Waals surface area contributed by atoms with Gasteiger partial charge in [0.1, 0.15) is 5.02 Å². The Balaban J connectivity index is 1.59. The molecule has 1 aliphatic carbocycles. The Bertz CT molecular complexity index is 705. The van der Waals surface area contributed by atoms with Crippen molar-refractivity contribution in [1.29, 1.82) is 0 Å². The van der Waals surface area contributed by atoms with Gasteiger partial charge in [0, 0.05) is 6.54 Å². The van der Waals surface area contributed by atoms with Crippen LogP contribution in [-0.2, 0) is 14.4 Å². The highest BCUT2D eigenvalue weighted by atomic mass is 35.5. The van der Waals surface area contributed by atoms with Crippen LogP contribution in [0.2, 0.25) is 10.0 Å². The number of carbonyl (C=O) groups excluding carboxylic acids is 3. The van der Waals surface area contributed by atoms with Crippen LogP contribution in [0.25, 0.3) is 0 Å². The third-order valence-corrected chi connectivity index (χ3v) is 5.08. The number of halogens is 2. The molecule has 2 atom stereocenters. The molecule has 0 N–H and O–H groups in total. The Labute approximate surface area is 149 Å². The van der Waals surface area contributed by atoms with Gasteiger partial charge in [-0.05, 0) is 25.0 Å². The highest BCUT2D eigenvalue weighted by Gasteiger charge is 2.46. The van der Waals surface area contributed by atoms with Gasteiger partial charge in [-0.25, -0.2) is 0 Å². The number of fused-ring (bicyclic) bond motifs is 1. The molecule has 3 rings (SSSR count). The number of benzene rings is 1. The zero-order chi connectivity index (χ0) is 17.3. The Kier molecular flexibility index (Phi) is 4.92. The van der Waals surface area contributed by atoms with Crippen molar-refractivity contribution in [1.82, 2.24) is 4.90 Å². The first-order chi connectivity index (χ1) is 11.5. The molecule has 0 spiro atoms. The number of ether oxygens (including phenoxy) is 1.